The van der Waals surface area contributed by atoms with E-state index in [2.05, 4.69) is 6.58 Å². The van der Waals surface area contributed by atoms with E-state index in [1.54, 1.807) is 12.1 Å². The Hall–Kier alpha value is -1.17. The van der Waals surface area contributed by atoms with Crippen LogP contribution in [0, 0.1) is 0 Å². The normalized spacial score (nSPS) is 13.0. The number of hydrogen-bond donors (Lipinski definition) is 1. The van der Waals surface area contributed by atoms with Crippen LogP contribution in [0.2, 0.25) is 0 Å². The first kappa shape index (κ1) is 17.9. The Morgan fingerprint density at radius 1 is 1.10 bits per heavy atom. The first-order valence-corrected chi connectivity index (χ1v) is 8.71. The van der Waals surface area contributed by atoms with E-state index in [0.29, 0.717) is 6.42 Å². The molecule has 5 heteroatoms. The average Bonchev–Trinajstić information content (AvgIpc) is 2.45. The summed E-state index contributed by atoms with van der Waals surface area (Å²) in [6.07, 6.45) is 8.22. The summed E-state index contributed by atoms with van der Waals surface area (Å²) in [6, 6.07) is 9.11. The summed E-state index contributed by atoms with van der Waals surface area (Å²) in [7, 11) is -4.44. The van der Waals surface area contributed by atoms with Gasteiger partial charge in [-0.1, -0.05) is 62.1 Å². The maximum atomic E-state index is 10.9. The predicted molar refractivity (Wildman–Crippen MR) is 84.3 cm³/mol. The second-order valence-electron chi connectivity index (χ2n) is 5.06. The minimum atomic E-state index is -4.44. The largest absolute Gasteiger partial charge is 0.397 e. The summed E-state index contributed by atoms with van der Waals surface area (Å²) in [4.78, 5) is 0. The van der Waals surface area contributed by atoms with E-state index in [4.69, 9.17) is 8.74 Å². The fraction of sp³-hybridized carbons (Fsp3) is 0.500. The van der Waals surface area contributed by atoms with Gasteiger partial charge in [-0.05, 0) is 24.8 Å². The van der Waals surface area contributed by atoms with E-state index in [1.165, 1.54) is 0 Å². The molecule has 21 heavy (non-hydrogen) atoms. The van der Waals surface area contributed by atoms with Crippen LogP contribution in [0.15, 0.2) is 43.0 Å². The molecule has 1 aromatic rings. The monoisotopic (exact) mass is 312 g/mol. The molecule has 0 saturated heterocycles. The first-order valence-electron chi connectivity index (χ1n) is 7.34. The van der Waals surface area contributed by atoms with Crippen molar-refractivity contribution in [2.24, 2.45) is 0 Å². The predicted octanol–water partition coefficient (Wildman–Crippen LogP) is 4.46. The lowest BCUT2D eigenvalue weighted by molar-refractivity contribution is 0.171. The van der Waals surface area contributed by atoms with Crippen molar-refractivity contribution in [3.05, 3.63) is 48.6 Å². The van der Waals surface area contributed by atoms with Crippen molar-refractivity contribution in [2.45, 2.75) is 51.0 Å². The minimum absolute atomic E-state index is 0.575. The second-order valence-corrected chi connectivity index (χ2v) is 6.10. The van der Waals surface area contributed by atoms with E-state index < -0.39 is 16.5 Å². The fourth-order valence-corrected chi connectivity index (χ4v) is 2.73. The molecule has 0 aliphatic carbocycles. The van der Waals surface area contributed by atoms with E-state index >= 15 is 0 Å². The molecule has 1 N–H and O–H groups in total. The van der Waals surface area contributed by atoms with Crippen molar-refractivity contribution in [1.82, 2.24) is 0 Å². The zero-order chi connectivity index (χ0) is 15.6. The number of unbranched alkanes of at least 4 members (excludes halogenated alkanes) is 5. The van der Waals surface area contributed by atoms with Crippen LogP contribution < -0.4 is 0 Å². The van der Waals surface area contributed by atoms with Crippen LogP contribution in [0.4, 0.5) is 0 Å². The molecule has 0 amide bonds. The van der Waals surface area contributed by atoms with Gasteiger partial charge in [0.1, 0.15) is 6.10 Å². The van der Waals surface area contributed by atoms with Crippen molar-refractivity contribution in [1.29, 1.82) is 0 Å². The molecule has 0 fully saturated rings. The zero-order valence-electron chi connectivity index (χ0n) is 12.3. The Balaban J connectivity index is 2.42. The third-order valence-corrected chi connectivity index (χ3v) is 3.76. The SMILES string of the molecule is C=CCCCCCCCC(OS(=O)(=O)O)c1ccccc1. The minimum Gasteiger partial charge on any atom is -0.264 e. The lowest BCUT2D eigenvalue weighted by Gasteiger charge is -2.15. The number of allylic oxidation sites excluding steroid dienone is 1. The van der Waals surface area contributed by atoms with Crippen molar-refractivity contribution in [3.63, 3.8) is 0 Å². The molecule has 0 aliphatic rings. The van der Waals surface area contributed by atoms with Crippen molar-refractivity contribution in [2.75, 3.05) is 0 Å². The molecule has 1 aromatic carbocycles. The second kappa shape index (κ2) is 9.71. The van der Waals surface area contributed by atoms with Crippen molar-refractivity contribution in [3.8, 4) is 0 Å². The van der Waals surface area contributed by atoms with E-state index in [-0.39, 0.29) is 0 Å². The summed E-state index contributed by atoms with van der Waals surface area (Å²) in [6.45, 7) is 3.69. The first-order chi connectivity index (χ1) is 10.0. The van der Waals surface area contributed by atoms with Crippen molar-refractivity contribution < 1.29 is 17.2 Å². The standard InChI is InChI=1S/C16H24O4S/c1-2-3-4-5-6-7-11-14-16(20-21(17,18)19)15-12-9-8-10-13-15/h2,8-10,12-13,16H,1,3-7,11,14H2,(H,17,18,19). The highest BCUT2D eigenvalue weighted by molar-refractivity contribution is 7.80. The molecule has 0 spiro atoms. The van der Waals surface area contributed by atoms with Crippen LogP contribution in [0.25, 0.3) is 0 Å². The highest BCUT2D eigenvalue weighted by Crippen LogP contribution is 2.25. The van der Waals surface area contributed by atoms with Crippen LogP contribution in [0.3, 0.4) is 0 Å². The summed E-state index contributed by atoms with van der Waals surface area (Å²) in [5.74, 6) is 0. The Kier molecular flexibility index (Phi) is 8.27. The van der Waals surface area contributed by atoms with Crippen LogP contribution in [0.5, 0.6) is 0 Å². The Morgan fingerprint density at radius 3 is 2.33 bits per heavy atom. The van der Waals surface area contributed by atoms with Gasteiger partial charge in [0.2, 0.25) is 0 Å². The third-order valence-electron chi connectivity index (χ3n) is 3.28. The Morgan fingerprint density at radius 2 is 1.71 bits per heavy atom. The molecule has 0 aromatic heterocycles. The van der Waals surface area contributed by atoms with Crippen molar-refractivity contribution >= 4 is 10.4 Å². The third kappa shape index (κ3) is 8.65. The highest BCUT2D eigenvalue weighted by Gasteiger charge is 2.18. The molecule has 0 saturated carbocycles. The van der Waals surface area contributed by atoms with Gasteiger partial charge < -0.3 is 0 Å². The highest BCUT2D eigenvalue weighted by atomic mass is 32.3. The molecule has 4 nitrogen and oxygen atoms in total. The van der Waals surface area contributed by atoms with Gasteiger partial charge in [0, 0.05) is 0 Å². The van der Waals surface area contributed by atoms with Gasteiger partial charge in [-0.15, -0.1) is 6.58 Å². The number of hydrogen-bond acceptors (Lipinski definition) is 3. The van der Waals surface area contributed by atoms with Gasteiger partial charge in [0.15, 0.2) is 0 Å². The summed E-state index contributed by atoms with van der Waals surface area (Å²) < 4.78 is 35.6. The van der Waals surface area contributed by atoms with E-state index in [9.17, 15) is 8.42 Å². The van der Waals surface area contributed by atoms with Crippen LogP contribution in [-0.2, 0) is 14.6 Å². The van der Waals surface area contributed by atoms with Crippen LogP contribution in [-0.4, -0.2) is 13.0 Å². The van der Waals surface area contributed by atoms with E-state index in [0.717, 1.165) is 44.1 Å². The molecule has 1 rings (SSSR count). The Labute approximate surface area is 127 Å². The lowest BCUT2D eigenvalue weighted by atomic mass is 10.0. The molecule has 0 bridgehead atoms. The average molecular weight is 312 g/mol. The molecule has 118 valence electrons. The van der Waals surface area contributed by atoms with Gasteiger partial charge in [0.25, 0.3) is 0 Å². The topological polar surface area (TPSA) is 63.6 Å². The molecule has 1 unspecified atom stereocenters. The molecule has 0 aliphatic heterocycles. The van der Waals surface area contributed by atoms with Gasteiger partial charge in [-0.2, -0.15) is 8.42 Å². The summed E-state index contributed by atoms with van der Waals surface area (Å²) in [5, 5.41) is 0. The maximum absolute atomic E-state index is 10.9. The molecular weight excluding hydrogens is 288 g/mol. The van der Waals surface area contributed by atoms with E-state index in [1.807, 2.05) is 24.3 Å². The maximum Gasteiger partial charge on any atom is 0.397 e. The number of rotatable bonds is 11. The van der Waals surface area contributed by atoms with Gasteiger partial charge in [-0.3, -0.25) is 4.55 Å². The van der Waals surface area contributed by atoms with Gasteiger partial charge in [-0.25, -0.2) is 4.18 Å². The summed E-state index contributed by atoms with van der Waals surface area (Å²) >= 11 is 0. The van der Waals surface area contributed by atoms with Gasteiger partial charge in [0.05, 0.1) is 0 Å². The number of benzene rings is 1. The fourth-order valence-electron chi connectivity index (χ4n) is 2.23. The molecule has 0 radical (unpaired) electrons. The zero-order valence-corrected chi connectivity index (χ0v) is 13.1. The molecule has 0 heterocycles. The summed E-state index contributed by atoms with van der Waals surface area (Å²) in [5.41, 5.74) is 0.766. The smallest absolute Gasteiger partial charge is 0.264 e. The van der Waals surface area contributed by atoms with Gasteiger partial charge >= 0.3 is 10.4 Å². The van der Waals surface area contributed by atoms with Crippen LogP contribution in [0.1, 0.15) is 56.6 Å². The molecule has 1 atom stereocenters. The lowest BCUT2D eigenvalue weighted by Crippen LogP contribution is -2.11. The van der Waals surface area contributed by atoms with Crippen LogP contribution >= 0.6 is 0 Å². The molecular formula is C16H24O4S. The Bertz CT molecular complexity index is 496. The quantitative estimate of drug-likeness (QED) is 0.372.